The molecule has 0 atom stereocenters. The second-order valence-electron chi connectivity index (χ2n) is 8.27. The summed E-state index contributed by atoms with van der Waals surface area (Å²) in [6.07, 6.45) is 9.42. The van der Waals surface area contributed by atoms with E-state index in [0.29, 0.717) is 5.76 Å². The normalized spacial score (nSPS) is 15.7. The molecule has 0 aromatic heterocycles. The highest BCUT2D eigenvalue weighted by Gasteiger charge is 2.20. The van der Waals surface area contributed by atoms with Crippen molar-refractivity contribution in [1.82, 2.24) is 10.2 Å². The number of hydrogen-bond donors (Lipinski definition) is 1. The number of aryl methyl sites for hydroxylation is 2. The van der Waals surface area contributed by atoms with Gasteiger partial charge in [0, 0.05) is 54.9 Å². The lowest BCUT2D eigenvalue weighted by Crippen LogP contribution is -2.43. The Bertz CT molecular complexity index is 855. The topological polar surface area (TPSA) is 36.9 Å². The van der Waals surface area contributed by atoms with Crippen LogP contribution in [0.15, 0.2) is 76.8 Å². The zero-order valence-corrected chi connectivity index (χ0v) is 22.0. The summed E-state index contributed by atoms with van der Waals surface area (Å²) in [5, 5.41) is 3.39. The van der Waals surface area contributed by atoms with Gasteiger partial charge in [0.2, 0.25) is 0 Å². The van der Waals surface area contributed by atoms with Gasteiger partial charge in [-0.1, -0.05) is 68.8 Å². The molecule has 0 spiro atoms. The van der Waals surface area contributed by atoms with E-state index >= 15 is 0 Å². The first-order valence-corrected chi connectivity index (χ1v) is 12.2. The quantitative estimate of drug-likeness (QED) is 0.261. The Balaban J connectivity index is 0.000000451. The zero-order chi connectivity index (χ0) is 24.6. The van der Waals surface area contributed by atoms with Crippen molar-refractivity contribution in [2.45, 2.75) is 60.8 Å². The third-order valence-corrected chi connectivity index (χ3v) is 5.65. The van der Waals surface area contributed by atoms with Gasteiger partial charge in [0.15, 0.2) is 0 Å². The first-order valence-electron chi connectivity index (χ1n) is 12.2. The van der Waals surface area contributed by atoms with Crippen LogP contribution in [-0.2, 0) is 11.2 Å². The highest BCUT2D eigenvalue weighted by atomic mass is 16.5. The fourth-order valence-corrected chi connectivity index (χ4v) is 3.86. The SMILES string of the molecule is C=C(OC)C(=C/C)/C(C(/C)=N/C=C/CC)=C(/C)N1CCNCC1.CCCc1cccc(C)c1. The van der Waals surface area contributed by atoms with Crippen LogP contribution >= 0.6 is 0 Å². The fraction of sp³-hybridized carbons (Fsp3) is 0.483. The molecule has 0 amide bonds. The van der Waals surface area contributed by atoms with E-state index in [0.717, 1.165) is 49.5 Å². The highest BCUT2D eigenvalue weighted by Crippen LogP contribution is 2.26. The molecule has 1 fully saturated rings. The molecule has 1 aromatic rings. The number of methoxy groups -OCH3 is 1. The summed E-state index contributed by atoms with van der Waals surface area (Å²) in [5.41, 5.74) is 7.16. The number of piperazine rings is 1. The second-order valence-corrected chi connectivity index (χ2v) is 8.27. The summed E-state index contributed by atoms with van der Waals surface area (Å²) < 4.78 is 5.40. The van der Waals surface area contributed by atoms with Gasteiger partial charge in [0.25, 0.3) is 0 Å². The van der Waals surface area contributed by atoms with Gasteiger partial charge in [-0.05, 0) is 46.1 Å². The van der Waals surface area contributed by atoms with E-state index in [1.165, 1.54) is 29.7 Å². The van der Waals surface area contributed by atoms with E-state index in [-0.39, 0.29) is 0 Å². The van der Waals surface area contributed by atoms with Crippen LogP contribution in [-0.4, -0.2) is 43.9 Å². The van der Waals surface area contributed by atoms with Crippen LogP contribution in [0.5, 0.6) is 0 Å². The molecule has 0 bridgehead atoms. The number of nitrogens with one attached hydrogen (secondary N) is 1. The summed E-state index contributed by atoms with van der Waals surface area (Å²) >= 11 is 0. The van der Waals surface area contributed by atoms with Gasteiger partial charge in [-0.3, -0.25) is 4.99 Å². The van der Waals surface area contributed by atoms with E-state index in [1.54, 1.807) is 7.11 Å². The Morgan fingerprint density at radius 3 is 2.45 bits per heavy atom. The van der Waals surface area contributed by atoms with Crippen LogP contribution in [0.1, 0.15) is 58.6 Å². The molecule has 182 valence electrons. The van der Waals surface area contributed by atoms with Crippen molar-refractivity contribution in [3.8, 4) is 0 Å². The van der Waals surface area contributed by atoms with Crippen LogP contribution in [0.25, 0.3) is 0 Å². The third-order valence-electron chi connectivity index (χ3n) is 5.65. The average Bonchev–Trinajstić information content (AvgIpc) is 2.83. The van der Waals surface area contributed by atoms with E-state index in [4.69, 9.17) is 4.74 Å². The lowest BCUT2D eigenvalue weighted by molar-refractivity contribution is 0.294. The molecule has 4 heteroatoms. The van der Waals surface area contributed by atoms with Gasteiger partial charge < -0.3 is 15.0 Å². The van der Waals surface area contributed by atoms with Crippen molar-refractivity contribution in [3.63, 3.8) is 0 Å². The van der Waals surface area contributed by atoms with Crippen molar-refractivity contribution < 1.29 is 4.74 Å². The predicted molar refractivity (Wildman–Crippen MR) is 145 cm³/mol. The molecule has 0 aliphatic carbocycles. The lowest BCUT2D eigenvalue weighted by Gasteiger charge is -2.32. The molecule has 1 aliphatic rings. The van der Waals surface area contributed by atoms with Crippen molar-refractivity contribution >= 4 is 5.71 Å². The van der Waals surface area contributed by atoms with Gasteiger partial charge in [0.1, 0.15) is 5.76 Å². The minimum absolute atomic E-state index is 0.672. The number of hydrogen-bond acceptors (Lipinski definition) is 4. The van der Waals surface area contributed by atoms with Gasteiger partial charge in [-0.15, -0.1) is 0 Å². The van der Waals surface area contributed by atoms with Crippen LogP contribution in [0.3, 0.4) is 0 Å². The smallest absolute Gasteiger partial charge is 0.119 e. The molecule has 1 saturated heterocycles. The molecule has 0 saturated carbocycles. The maximum Gasteiger partial charge on any atom is 0.119 e. The number of allylic oxidation sites excluding steroid dienone is 4. The van der Waals surface area contributed by atoms with Gasteiger partial charge in [0.05, 0.1) is 7.11 Å². The minimum atomic E-state index is 0.672. The monoisotopic (exact) mass is 451 g/mol. The predicted octanol–water partition coefficient (Wildman–Crippen LogP) is 6.60. The first-order chi connectivity index (χ1) is 15.9. The van der Waals surface area contributed by atoms with Crippen LogP contribution in [0.2, 0.25) is 0 Å². The van der Waals surface area contributed by atoms with E-state index < -0.39 is 0 Å². The van der Waals surface area contributed by atoms with Gasteiger partial charge in [-0.25, -0.2) is 0 Å². The van der Waals surface area contributed by atoms with Crippen molar-refractivity contribution in [2.24, 2.45) is 4.99 Å². The Hall–Kier alpha value is -2.59. The Kier molecular flexibility index (Phi) is 13.9. The molecule has 1 aliphatic heterocycles. The molecule has 4 nitrogen and oxygen atoms in total. The Morgan fingerprint density at radius 1 is 1.21 bits per heavy atom. The summed E-state index contributed by atoms with van der Waals surface area (Å²) in [5.74, 6) is 0.672. The van der Waals surface area contributed by atoms with Crippen LogP contribution in [0, 0.1) is 6.92 Å². The molecule has 1 aromatic carbocycles. The summed E-state index contributed by atoms with van der Waals surface area (Å²) in [6.45, 7) is 20.7. The van der Waals surface area contributed by atoms with Crippen LogP contribution < -0.4 is 5.32 Å². The van der Waals surface area contributed by atoms with Crippen molar-refractivity contribution in [3.05, 3.63) is 82.9 Å². The molecule has 2 rings (SSSR count). The Morgan fingerprint density at radius 2 is 1.91 bits per heavy atom. The molecular weight excluding hydrogens is 406 g/mol. The second kappa shape index (κ2) is 16.1. The van der Waals surface area contributed by atoms with Crippen molar-refractivity contribution in [1.29, 1.82) is 0 Å². The standard InChI is InChI=1S/C19H31N3O.C10H14/c1-7-9-10-21-15(3)19(18(8-2)17(5)23-6)16(4)22-13-11-20-12-14-22;1-3-5-10-7-4-6-9(2)8-10/h8-10,20H,5,7,11-14H2,1-4,6H3;4,6-8H,3,5H2,1-2H3/b10-9+,18-8-,19-16-,21-15+;. The first kappa shape index (κ1) is 28.4. The van der Waals surface area contributed by atoms with E-state index in [9.17, 15) is 0 Å². The summed E-state index contributed by atoms with van der Waals surface area (Å²) in [6, 6.07) is 8.71. The number of benzene rings is 1. The van der Waals surface area contributed by atoms with E-state index in [2.05, 4.69) is 85.9 Å². The van der Waals surface area contributed by atoms with E-state index in [1.807, 2.05) is 20.0 Å². The van der Waals surface area contributed by atoms with Gasteiger partial charge >= 0.3 is 0 Å². The highest BCUT2D eigenvalue weighted by molar-refractivity contribution is 6.04. The number of rotatable bonds is 9. The average molecular weight is 452 g/mol. The number of nitrogens with zero attached hydrogens (tertiary/aromatic N) is 2. The maximum absolute atomic E-state index is 5.40. The Labute approximate surface area is 202 Å². The number of aliphatic imine (C=N–C) groups is 1. The maximum atomic E-state index is 5.40. The lowest BCUT2D eigenvalue weighted by atomic mass is 9.97. The van der Waals surface area contributed by atoms with Gasteiger partial charge in [-0.2, -0.15) is 0 Å². The molecule has 0 radical (unpaired) electrons. The summed E-state index contributed by atoms with van der Waals surface area (Å²) in [7, 11) is 1.66. The van der Waals surface area contributed by atoms with Crippen LogP contribution in [0.4, 0.5) is 0 Å². The minimum Gasteiger partial charge on any atom is -0.497 e. The fourth-order valence-electron chi connectivity index (χ4n) is 3.86. The molecule has 0 unspecified atom stereocenters. The number of ether oxygens (including phenoxy) is 1. The molecule has 33 heavy (non-hydrogen) atoms. The molecular formula is C29H45N3O. The van der Waals surface area contributed by atoms with Crippen molar-refractivity contribution in [2.75, 3.05) is 33.3 Å². The molecule has 1 heterocycles. The summed E-state index contributed by atoms with van der Waals surface area (Å²) in [4.78, 5) is 7.02. The largest absolute Gasteiger partial charge is 0.497 e. The zero-order valence-electron chi connectivity index (χ0n) is 22.0. The molecule has 1 N–H and O–H groups in total. The third kappa shape index (κ3) is 9.83.